The molecule has 0 bridgehead atoms. The molecular formula is C11H8O6. The Morgan fingerprint density at radius 3 is 2.18 bits per heavy atom. The molecule has 0 aliphatic rings. The summed E-state index contributed by atoms with van der Waals surface area (Å²) < 4.78 is 4.24. The predicted molar refractivity (Wildman–Crippen MR) is 55.6 cm³/mol. The second-order valence-corrected chi connectivity index (χ2v) is 2.94. The van der Waals surface area contributed by atoms with Gasteiger partial charge in [-0.2, -0.15) is 0 Å². The van der Waals surface area contributed by atoms with Crippen LogP contribution in [-0.2, 0) is 9.53 Å². The number of carboxylic acid groups (broad SMARTS) is 1. The molecule has 3 N–H and O–H groups in total. The summed E-state index contributed by atoms with van der Waals surface area (Å²) in [6.45, 7) is 0. The van der Waals surface area contributed by atoms with Gasteiger partial charge < -0.3 is 20.1 Å². The van der Waals surface area contributed by atoms with Crippen molar-refractivity contribution in [3.63, 3.8) is 0 Å². The number of phenols is 2. The molecule has 1 aromatic carbocycles. The number of methoxy groups -OCH3 is 1. The van der Waals surface area contributed by atoms with Crippen LogP contribution >= 0.6 is 0 Å². The minimum Gasteiger partial charge on any atom is -0.506 e. The lowest BCUT2D eigenvalue weighted by atomic mass is 10.1. The second kappa shape index (κ2) is 4.90. The Balaban J connectivity index is 3.22. The van der Waals surface area contributed by atoms with E-state index in [0.29, 0.717) is 0 Å². The van der Waals surface area contributed by atoms with Crippen LogP contribution in [0.15, 0.2) is 12.1 Å². The van der Waals surface area contributed by atoms with Crippen molar-refractivity contribution in [1.29, 1.82) is 0 Å². The molecule has 0 saturated heterocycles. The van der Waals surface area contributed by atoms with Crippen molar-refractivity contribution < 1.29 is 29.6 Å². The Hall–Kier alpha value is -2.68. The van der Waals surface area contributed by atoms with E-state index in [0.717, 1.165) is 19.2 Å². The number of hydrogen-bond acceptors (Lipinski definition) is 5. The molecule has 0 aliphatic carbocycles. The Kier molecular flexibility index (Phi) is 3.57. The molecule has 1 rings (SSSR count). The lowest BCUT2D eigenvalue weighted by molar-refractivity contribution is -0.133. The SMILES string of the molecule is COC(=O)C#Cc1c(O)cc(C(=O)O)cc1O. The van der Waals surface area contributed by atoms with Crippen molar-refractivity contribution >= 4 is 11.9 Å². The zero-order chi connectivity index (χ0) is 13.0. The van der Waals surface area contributed by atoms with Gasteiger partial charge in [0.05, 0.1) is 12.7 Å². The van der Waals surface area contributed by atoms with E-state index in [9.17, 15) is 19.8 Å². The first-order chi connectivity index (χ1) is 7.95. The Bertz CT molecular complexity index is 512. The van der Waals surface area contributed by atoms with E-state index < -0.39 is 23.4 Å². The van der Waals surface area contributed by atoms with Crippen LogP contribution in [0.2, 0.25) is 0 Å². The zero-order valence-electron chi connectivity index (χ0n) is 8.72. The minimum absolute atomic E-state index is 0.236. The van der Waals surface area contributed by atoms with Crippen molar-refractivity contribution in [3.05, 3.63) is 23.3 Å². The number of aromatic carboxylic acids is 1. The number of carbonyl (C=O) groups is 2. The van der Waals surface area contributed by atoms with E-state index in [1.165, 1.54) is 0 Å². The number of carboxylic acids is 1. The van der Waals surface area contributed by atoms with Crippen LogP contribution in [0.4, 0.5) is 0 Å². The molecular weight excluding hydrogens is 228 g/mol. The van der Waals surface area contributed by atoms with Crippen LogP contribution in [0.1, 0.15) is 15.9 Å². The number of aromatic hydroxyl groups is 2. The van der Waals surface area contributed by atoms with Crippen molar-refractivity contribution in [3.8, 4) is 23.3 Å². The standard InChI is InChI=1S/C11H8O6/c1-17-10(14)3-2-7-8(12)4-6(11(15)16)5-9(7)13/h4-5,12-13H,1H3,(H,15,16). The molecule has 0 amide bonds. The van der Waals surface area contributed by atoms with Gasteiger partial charge in [-0.05, 0) is 18.1 Å². The molecule has 88 valence electrons. The maximum Gasteiger partial charge on any atom is 0.384 e. The first kappa shape index (κ1) is 12.4. The molecule has 0 fully saturated rings. The summed E-state index contributed by atoms with van der Waals surface area (Å²) in [6, 6.07) is 1.84. The highest BCUT2D eigenvalue weighted by Crippen LogP contribution is 2.27. The number of rotatable bonds is 1. The fourth-order valence-electron chi connectivity index (χ4n) is 1.03. The van der Waals surface area contributed by atoms with Crippen molar-refractivity contribution in [2.45, 2.75) is 0 Å². The predicted octanol–water partition coefficient (Wildman–Crippen LogP) is 0.320. The van der Waals surface area contributed by atoms with Gasteiger partial charge in [-0.1, -0.05) is 0 Å². The van der Waals surface area contributed by atoms with Crippen LogP contribution in [0, 0.1) is 11.8 Å². The Labute approximate surface area is 96.1 Å². The summed E-state index contributed by atoms with van der Waals surface area (Å²) in [5.74, 6) is 0.979. The number of ether oxygens (including phenoxy) is 1. The molecule has 0 spiro atoms. The summed E-state index contributed by atoms with van der Waals surface area (Å²) in [5, 5.41) is 27.5. The van der Waals surface area contributed by atoms with Crippen LogP contribution < -0.4 is 0 Å². The molecule has 6 heteroatoms. The van der Waals surface area contributed by atoms with E-state index in [2.05, 4.69) is 10.7 Å². The van der Waals surface area contributed by atoms with Crippen LogP contribution in [0.3, 0.4) is 0 Å². The highest BCUT2D eigenvalue weighted by Gasteiger charge is 2.12. The fourth-order valence-corrected chi connectivity index (χ4v) is 1.03. The molecule has 6 nitrogen and oxygen atoms in total. The smallest absolute Gasteiger partial charge is 0.384 e. The van der Waals surface area contributed by atoms with Gasteiger partial charge in [0.25, 0.3) is 0 Å². The largest absolute Gasteiger partial charge is 0.506 e. The molecule has 0 saturated carbocycles. The molecule has 0 aliphatic heterocycles. The van der Waals surface area contributed by atoms with Gasteiger partial charge in [-0.15, -0.1) is 0 Å². The average Bonchev–Trinajstić information content (AvgIpc) is 2.27. The minimum atomic E-state index is -1.30. The van der Waals surface area contributed by atoms with Gasteiger partial charge in [0.2, 0.25) is 0 Å². The summed E-state index contributed by atoms with van der Waals surface area (Å²) in [5.41, 5.74) is -0.524. The van der Waals surface area contributed by atoms with Crippen LogP contribution in [0.25, 0.3) is 0 Å². The summed E-state index contributed by atoms with van der Waals surface area (Å²) >= 11 is 0. The second-order valence-electron chi connectivity index (χ2n) is 2.94. The third-order valence-electron chi connectivity index (χ3n) is 1.82. The summed E-state index contributed by atoms with van der Waals surface area (Å²) in [4.78, 5) is 21.3. The topological polar surface area (TPSA) is 104 Å². The lowest BCUT2D eigenvalue weighted by Gasteiger charge is -2.02. The lowest BCUT2D eigenvalue weighted by Crippen LogP contribution is -1.97. The molecule has 0 heterocycles. The number of carbonyl (C=O) groups excluding carboxylic acids is 1. The van der Waals surface area contributed by atoms with Crippen molar-refractivity contribution in [2.75, 3.05) is 7.11 Å². The maximum atomic E-state index is 10.7. The number of esters is 1. The van der Waals surface area contributed by atoms with Gasteiger partial charge in [-0.3, -0.25) is 0 Å². The number of benzene rings is 1. The first-order valence-electron chi connectivity index (χ1n) is 4.35. The molecule has 0 aromatic heterocycles. The zero-order valence-corrected chi connectivity index (χ0v) is 8.72. The van der Waals surface area contributed by atoms with E-state index in [-0.39, 0.29) is 11.1 Å². The average molecular weight is 236 g/mol. The highest BCUT2D eigenvalue weighted by molar-refractivity contribution is 5.91. The van der Waals surface area contributed by atoms with Crippen LogP contribution in [-0.4, -0.2) is 34.4 Å². The summed E-state index contributed by atoms with van der Waals surface area (Å²) in [7, 11) is 1.13. The van der Waals surface area contributed by atoms with E-state index in [1.807, 2.05) is 5.92 Å². The monoisotopic (exact) mass is 236 g/mol. The molecule has 0 radical (unpaired) electrons. The quantitative estimate of drug-likeness (QED) is 0.479. The van der Waals surface area contributed by atoms with Crippen LogP contribution in [0.5, 0.6) is 11.5 Å². The van der Waals surface area contributed by atoms with Gasteiger partial charge in [0.15, 0.2) is 0 Å². The van der Waals surface area contributed by atoms with Gasteiger partial charge >= 0.3 is 11.9 Å². The molecule has 17 heavy (non-hydrogen) atoms. The van der Waals surface area contributed by atoms with Gasteiger partial charge in [0, 0.05) is 5.92 Å². The number of phenolic OH excluding ortho intramolecular Hbond substituents is 2. The maximum absolute atomic E-state index is 10.7. The van der Waals surface area contributed by atoms with E-state index in [1.54, 1.807) is 0 Å². The van der Waals surface area contributed by atoms with E-state index in [4.69, 9.17) is 5.11 Å². The fraction of sp³-hybridized carbons (Fsp3) is 0.0909. The Morgan fingerprint density at radius 1 is 1.24 bits per heavy atom. The number of hydrogen-bond donors (Lipinski definition) is 3. The highest BCUT2D eigenvalue weighted by atomic mass is 16.5. The summed E-state index contributed by atoms with van der Waals surface area (Å²) in [6.07, 6.45) is 0. The van der Waals surface area contributed by atoms with Gasteiger partial charge in [-0.25, -0.2) is 9.59 Å². The first-order valence-corrected chi connectivity index (χ1v) is 4.35. The van der Waals surface area contributed by atoms with Crippen molar-refractivity contribution in [1.82, 2.24) is 0 Å². The van der Waals surface area contributed by atoms with Gasteiger partial charge in [0.1, 0.15) is 17.1 Å². The third-order valence-corrected chi connectivity index (χ3v) is 1.82. The molecule has 1 aromatic rings. The Morgan fingerprint density at radius 2 is 1.76 bits per heavy atom. The molecule has 0 atom stereocenters. The van der Waals surface area contributed by atoms with E-state index >= 15 is 0 Å². The third kappa shape index (κ3) is 2.89. The molecule has 0 unspecified atom stereocenters. The van der Waals surface area contributed by atoms with Crippen molar-refractivity contribution in [2.24, 2.45) is 0 Å². The normalized spacial score (nSPS) is 9.00.